The Morgan fingerprint density at radius 3 is 2.32 bits per heavy atom. The third-order valence-electron chi connectivity index (χ3n) is 7.17. The summed E-state index contributed by atoms with van der Waals surface area (Å²) in [5.74, 6) is 2.01. The maximum atomic E-state index is 12.6. The van der Waals surface area contributed by atoms with Crippen molar-refractivity contribution in [2.45, 2.75) is 96.8 Å². The first kappa shape index (κ1) is 21.3. The summed E-state index contributed by atoms with van der Waals surface area (Å²) in [5, 5.41) is 0. The number of hydrogen-bond acceptors (Lipinski definition) is 2. The standard InChI is InChI=1S/C26H38O2/c1-3-4-5-6-20-8-12-22(13-9-20)23-14-10-21(11-15-23)18-26(28)24-16-7-19(2)17-25(24)27/h10-11,14-15,19-20,22,24H,3-9,12-13,16-18H2,1-2H3/t19?,20-,22-,24?. The zero-order valence-corrected chi connectivity index (χ0v) is 17.9. The molecular weight excluding hydrogens is 344 g/mol. The second-order valence-electron chi connectivity index (χ2n) is 9.50. The van der Waals surface area contributed by atoms with Gasteiger partial charge in [0.1, 0.15) is 11.6 Å². The molecular formula is C26H38O2. The summed E-state index contributed by atoms with van der Waals surface area (Å²) in [5.41, 5.74) is 2.50. The molecule has 2 fully saturated rings. The van der Waals surface area contributed by atoms with Crippen molar-refractivity contribution in [3.05, 3.63) is 35.4 Å². The van der Waals surface area contributed by atoms with E-state index < -0.39 is 0 Å². The smallest absolute Gasteiger partial charge is 0.147 e. The molecule has 0 saturated heterocycles. The summed E-state index contributed by atoms with van der Waals surface area (Å²) in [4.78, 5) is 24.8. The topological polar surface area (TPSA) is 34.1 Å². The number of benzene rings is 1. The van der Waals surface area contributed by atoms with Gasteiger partial charge >= 0.3 is 0 Å². The lowest BCUT2D eigenvalue weighted by molar-refractivity contribution is -0.134. The number of Topliss-reactive ketones (excluding diaryl/α,β-unsaturated/α-hetero) is 2. The maximum absolute atomic E-state index is 12.6. The van der Waals surface area contributed by atoms with Crippen molar-refractivity contribution in [2.75, 3.05) is 0 Å². The van der Waals surface area contributed by atoms with Crippen LogP contribution >= 0.6 is 0 Å². The van der Waals surface area contributed by atoms with Gasteiger partial charge in [0.15, 0.2) is 0 Å². The molecule has 2 saturated carbocycles. The molecule has 2 unspecified atom stereocenters. The van der Waals surface area contributed by atoms with Gasteiger partial charge in [-0.05, 0) is 67.4 Å². The van der Waals surface area contributed by atoms with Crippen LogP contribution in [0.15, 0.2) is 24.3 Å². The number of unbranched alkanes of at least 4 members (excludes halogenated alkanes) is 2. The molecule has 1 aromatic rings. The molecule has 2 heteroatoms. The molecule has 0 amide bonds. The van der Waals surface area contributed by atoms with E-state index in [1.807, 2.05) is 0 Å². The predicted molar refractivity (Wildman–Crippen MR) is 116 cm³/mol. The average Bonchev–Trinajstić information content (AvgIpc) is 2.69. The van der Waals surface area contributed by atoms with E-state index in [0.29, 0.717) is 24.7 Å². The first-order valence-electron chi connectivity index (χ1n) is 11.7. The Labute approximate surface area is 171 Å². The summed E-state index contributed by atoms with van der Waals surface area (Å²) in [6, 6.07) is 8.71. The lowest BCUT2D eigenvalue weighted by Crippen LogP contribution is -2.31. The van der Waals surface area contributed by atoms with Gasteiger partial charge in [0.2, 0.25) is 0 Å². The molecule has 1 aromatic carbocycles. The molecule has 0 radical (unpaired) electrons. The average molecular weight is 383 g/mol. The monoisotopic (exact) mass is 382 g/mol. The highest BCUT2D eigenvalue weighted by Gasteiger charge is 2.31. The van der Waals surface area contributed by atoms with Crippen molar-refractivity contribution in [3.63, 3.8) is 0 Å². The molecule has 0 N–H and O–H groups in total. The Morgan fingerprint density at radius 2 is 1.68 bits per heavy atom. The van der Waals surface area contributed by atoms with E-state index in [0.717, 1.165) is 24.3 Å². The normalized spacial score (nSPS) is 28.3. The number of carbonyl (C=O) groups excluding carboxylic acids is 2. The second kappa shape index (κ2) is 10.4. The molecule has 3 rings (SSSR count). The van der Waals surface area contributed by atoms with Gasteiger partial charge in [0.25, 0.3) is 0 Å². The van der Waals surface area contributed by atoms with Gasteiger partial charge in [0, 0.05) is 12.8 Å². The minimum Gasteiger partial charge on any atom is -0.299 e. The van der Waals surface area contributed by atoms with E-state index in [1.165, 1.54) is 56.9 Å². The van der Waals surface area contributed by atoms with Gasteiger partial charge in [-0.15, -0.1) is 0 Å². The van der Waals surface area contributed by atoms with Crippen LogP contribution in [0.25, 0.3) is 0 Å². The minimum atomic E-state index is -0.348. The van der Waals surface area contributed by atoms with Crippen LogP contribution in [0.4, 0.5) is 0 Å². The van der Waals surface area contributed by atoms with Crippen molar-refractivity contribution < 1.29 is 9.59 Å². The van der Waals surface area contributed by atoms with Crippen LogP contribution in [-0.4, -0.2) is 11.6 Å². The van der Waals surface area contributed by atoms with E-state index in [9.17, 15) is 9.59 Å². The zero-order valence-electron chi connectivity index (χ0n) is 17.9. The fourth-order valence-electron chi connectivity index (χ4n) is 5.24. The van der Waals surface area contributed by atoms with Gasteiger partial charge in [-0.2, -0.15) is 0 Å². The van der Waals surface area contributed by atoms with Crippen molar-refractivity contribution in [1.29, 1.82) is 0 Å². The number of carbonyl (C=O) groups is 2. The zero-order chi connectivity index (χ0) is 19.9. The molecule has 2 aliphatic rings. The van der Waals surface area contributed by atoms with Crippen LogP contribution in [0.5, 0.6) is 0 Å². The van der Waals surface area contributed by atoms with Crippen LogP contribution in [0.3, 0.4) is 0 Å². The predicted octanol–water partition coefficient (Wildman–Crippen LogP) is 6.66. The highest BCUT2D eigenvalue weighted by molar-refractivity contribution is 6.03. The van der Waals surface area contributed by atoms with Gasteiger partial charge in [-0.1, -0.05) is 63.8 Å². The lowest BCUT2D eigenvalue weighted by atomic mass is 9.76. The van der Waals surface area contributed by atoms with Crippen LogP contribution in [0.2, 0.25) is 0 Å². The summed E-state index contributed by atoms with van der Waals surface area (Å²) >= 11 is 0. The summed E-state index contributed by atoms with van der Waals surface area (Å²) in [7, 11) is 0. The van der Waals surface area contributed by atoms with E-state index in [1.54, 1.807) is 0 Å². The van der Waals surface area contributed by atoms with E-state index in [2.05, 4.69) is 38.1 Å². The molecule has 0 aliphatic heterocycles. The number of ketones is 2. The Kier molecular flexibility index (Phi) is 7.88. The molecule has 0 spiro atoms. The second-order valence-corrected chi connectivity index (χ2v) is 9.50. The van der Waals surface area contributed by atoms with Gasteiger partial charge < -0.3 is 0 Å². The first-order chi connectivity index (χ1) is 13.6. The third-order valence-corrected chi connectivity index (χ3v) is 7.17. The van der Waals surface area contributed by atoms with E-state index >= 15 is 0 Å². The molecule has 0 heterocycles. The Bertz CT molecular complexity index is 637. The molecule has 2 atom stereocenters. The van der Waals surface area contributed by atoms with Gasteiger partial charge in [0.05, 0.1) is 5.92 Å². The Morgan fingerprint density at radius 1 is 0.964 bits per heavy atom. The first-order valence-corrected chi connectivity index (χ1v) is 11.7. The Hall–Kier alpha value is -1.44. The summed E-state index contributed by atoms with van der Waals surface area (Å²) < 4.78 is 0. The van der Waals surface area contributed by atoms with E-state index in [4.69, 9.17) is 0 Å². The van der Waals surface area contributed by atoms with Crippen LogP contribution in [0, 0.1) is 17.8 Å². The van der Waals surface area contributed by atoms with Crippen LogP contribution in [0.1, 0.15) is 102 Å². The number of rotatable bonds is 8. The van der Waals surface area contributed by atoms with Crippen LogP contribution < -0.4 is 0 Å². The van der Waals surface area contributed by atoms with Crippen molar-refractivity contribution >= 4 is 11.6 Å². The third kappa shape index (κ3) is 5.78. The highest BCUT2D eigenvalue weighted by atomic mass is 16.1. The quantitative estimate of drug-likeness (QED) is 0.372. The van der Waals surface area contributed by atoms with E-state index in [-0.39, 0.29) is 17.5 Å². The molecule has 28 heavy (non-hydrogen) atoms. The van der Waals surface area contributed by atoms with Crippen LogP contribution in [-0.2, 0) is 16.0 Å². The minimum absolute atomic E-state index is 0.122. The SMILES string of the molecule is CCCCC[C@H]1CC[C@H](c2ccc(CC(=O)C3CCC(C)CC3=O)cc2)CC1. The fourth-order valence-corrected chi connectivity index (χ4v) is 5.24. The maximum Gasteiger partial charge on any atom is 0.147 e. The van der Waals surface area contributed by atoms with Crippen molar-refractivity contribution in [3.8, 4) is 0 Å². The molecule has 0 aromatic heterocycles. The van der Waals surface area contributed by atoms with Crippen molar-refractivity contribution in [2.24, 2.45) is 17.8 Å². The lowest BCUT2D eigenvalue weighted by Gasteiger charge is -2.29. The van der Waals surface area contributed by atoms with Gasteiger partial charge in [-0.25, -0.2) is 0 Å². The summed E-state index contributed by atoms with van der Waals surface area (Å²) in [6.07, 6.45) is 13.6. The Balaban J connectivity index is 1.47. The fraction of sp³-hybridized carbons (Fsp3) is 0.692. The molecule has 2 aliphatic carbocycles. The molecule has 154 valence electrons. The highest BCUT2D eigenvalue weighted by Crippen LogP contribution is 2.38. The van der Waals surface area contributed by atoms with Gasteiger partial charge in [-0.3, -0.25) is 9.59 Å². The molecule has 2 nitrogen and oxygen atoms in total. The number of hydrogen-bond donors (Lipinski definition) is 0. The summed E-state index contributed by atoms with van der Waals surface area (Å²) in [6.45, 7) is 4.39. The molecule has 0 bridgehead atoms. The van der Waals surface area contributed by atoms with Crippen molar-refractivity contribution in [1.82, 2.24) is 0 Å². The largest absolute Gasteiger partial charge is 0.299 e.